The Bertz CT molecular complexity index is 1310. The molecule has 0 fully saturated rings. The smallest absolute Gasteiger partial charge is 0.121 e. The number of rotatable bonds is 7. The van der Waals surface area contributed by atoms with Crippen LogP contribution >= 0.6 is 27.3 Å². The van der Waals surface area contributed by atoms with Crippen molar-refractivity contribution in [3.8, 4) is 21.9 Å². The van der Waals surface area contributed by atoms with E-state index < -0.39 is 0 Å². The van der Waals surface area contributed by atoms with Gasteiger partial charge in [-0.3, -0.25) is 0 Å². The summed E-state index contributed by atoms with van der Waals surface area (Å²) >= 11 is 5.57. The van der Waals surface area contributed by atoms with Crippen molar-refractivity contribution in [2.24, 2.45) is 0 Å². The third-order valence-corrected chi connectivity index (χ3v) is 7.50. The molecule has 158 valence electrons. The highest BCUT2D eigenvalue weighted by Crippen LogP contribution is 2.43. The summed E-state index contributed by atoms with van der Waals surface area (Å²) in [6.07, 6.45) is 0. The first-order valence-electron chi connectivity index (χ1n) is 10.4. The van der Waals surface area contributed by atoms with Gasteiger partial charge in [-0.25, -0.2) is 0 Å². The Hall–Kier alpha value is -3.08. The zero-order valence-electron chi connectivity index (χ0n) is 17.3. The van der Waals surface area contributed by atoms with Gasteiger partial charge in [0.05, 0.1) is 0 Å². The Morgan fingerprint density at radius 1 is 0.625 bits per heavy atom. The Balaban J connectivity index is 1.31. The van der Waals surface area contributed by atoms with Gasteiger partial charge in [-0.2, -0.15) is 0 Å². The van der Waals surface area contributed by atoms with Crippen LogP contribution in [0.15, 0.2) is 108 Å². The molecule has 0 amide bonds. The Morgan fingerprint density at radius 3 is 1.81 bits per heavy atom. The van der Waals surface area contributed by atoms with Gasteiger partial charge in [0, 0.05) is 19.4 Å². The standard InChI is InChI=1S/C28H21BrO2S/c29-27-25-16-15-24(31-19-21-9-5-2-6-10-21)17-26(25)32-28(27)22-11-13-23(14-12-22)30-18-20-7-3-1-4-8-20/h1-17H,18-19H2. The average Bonchev–Trinajstić information content (AvgIpc) is 3.19. The molecule has 5 rings (SSSR count). The molecule has 2 nitrogen and oxygen atoms in total. The number of hydrogen-bond acceptors (Lipinski definition) is 3. The number of halogens is 1. The summed E-state index contributed by atoms with van der Waals surface area (Å²) < 4.78 is 14.2. The Labute approximate surface area is 200 Å². The van der Waals surface area contributed by atoms with E-state index in [9.17, 15) is 0 Å². The summed E-state index contributed by atoms with van der Waals surface area (Å²) in [5.74, 6) is 1.75. The van der Waals surface area contributed by atoms with Crippen molar-refractivity contribution in [3.63, 3.8) is 0 Å². The van der Waals surface area contributed by atoms with Gasteiger partial charge in [0.2, 0.25) is 0 Å². The highest BCUT2D eigenvalue weighted by Gasteiger charge is 2.13. The molecule has 0 N–H and O–H groups in total. The summed E-state index contributed by atoms with van der Waals surface area (Å²) in [6, 6.07) is 35.0. The quantitative estimate of drug-likeness (QED) is 0.223. The number of fused-ring (bicyclic) bond motifs is 1. The molecule has 4 heteroatoms. The van der Waals surface area contributed by atoms with Crippen molar-refractivity contribution in [1.82, 2.24) is 0 Å². The van der Waals surface area contributed by atoms with Crippen molar-refractivity contribution >= 4 is 37.4 Å². The topological polar surface area (TPSA) is 18.5 Å². The third kappa shape index (κ3) is 4.72. The van der Waals surface area contributed by atoms with Gasteiger partial charge in [0.25, 0.3) is 0 Å². The molecule has 5 aromatic rings. The van der Waals surface area contributed by atoms with E-state index in [1.165, 1.54) is 15.0 Å². The number of ether oxygens (including phenoxy) is 2. The second kappa shape index (κ2) is 9.60. The van der Waals surface area contributed by atoms with Crippen LogP contribution in [0.4, 0.5) is 0 Å². The van der Waals surface area contributed by atoms with Crippen molar-refractivity contribution in [3.05, 3.63) is 119 Å². The minimum absolute atomic E-state index is 0.566. The molecule has 0 aliphatic carbocycles. The molecule has 4 aromatic carbocycles. The molecule has 0 spiro atoms. The molecule has 32 heavy (non-hydrogen) atoms. The van der Waals surface area contributed by atoms with Crippen molar-refractivity contribution in [2.75, 3.05) is 0 Å². The van der Waals surface area contributed by atoms with Gasteiger partial charge in [-0.05, 0) is 75.1 Å². The molecular formula is C28H21BrO2S. The summed E-state index contributed by atoms with van der Waals surface area (Å²) in [4.78, 5) is 1.20. The van der Waals surface area contributed by atoms with Gasteiger partial charge in [-0.15, -0.1) is 11.3 Å². The molecule has 0 aliphatic heterocycles. The monoisotopic (exact) mass is 500 g/mol. The summed E-state index contributed by atoms with van der Waals surface area (Å²) in [6.45, 7) is 1.13. The molecule has 0 unspecified atom stereocenters. The van der Waals surface area contributed by atoms with Crippen LogP contribution in [0.3, 0.4) is 0 Å². The maximum atomic E-state index is 6.01. The number of thiophene rings is 1. The highest BCUT2D eigenvalue weighted by atomic mass is 79.9. The first-order chi connectivity index (χ1) is 15.8. The van der Waals surface area contributed by atoms with Crippen LogP contribution in [-0.4, -0.2) is 0 Å². The van der Waals surface area contributed by atoms with Crippen LogP contribution in [0.5, 0.6) is 11.5 Å². The zero-order chi connectivity index (χ0) is 21.8. The lowest BCUT2D eigenvalue weighted by atomic mass is 10.1. The fraction of sp³-hybridized carbons (Fsp3) is 0.0714. The molecule has 0 aliphatic rings. The van der Waals surface area contributed by atoms with E-state index in [2.05, 4.69) is 64.5 Å². The normalized spacial score (nSPS) is 10.9. The molecule has 0 saturated carbocycles. The molecule has 0 bridgehead atoms. The molecule has 1 aromatic heterocycles. The largest absolute Gasteiger partial charge is 0.489 e. The molecule has 0 radical (unpaired) electrons. The predicted molar refractivity (Wildman–Crippen MR) is 137 cm³/mol. The first kappa shape index (κ1) is 20.8. The van der Waals surface area contributed by atoms with Gasteiger partial charge in [0.15, 0.2) is 0 Å². The van der Waals surface area contributed by atoms with Crippen molar-refractivity contribution < 1.29 is 9.47 Å². The first-order valence-corrected chi connectivity index (χ1v) is 12.0. The highest BCUT2D eigenvalue weighted by molar-refractivity contribution is 9.10. The summed E-state index contributed by atoms with van der Waals surface area (Å²) in [7, 11) is 0. The fourth-order valence-corrected chi connectivity index (χ4v) is 5.58. The molecule has 1 heterocycles. The SMILES string of the molecule is Brc1c(-c2ccc(OCc3ccccc3)cc2)sc2cc(OCc3ccccc3)ccc12. The predicted octanol–water partition coefficient (Wildman–Crippen LogP) is 8.49. The minimum Gasteiger partial charge on any atom is -0.489 e. The van der Waals surface area contributed by atoms with Crippen LogP contribution in [-0.2, 0) is 13.2 Å². The van der Waals surface area contributed by atoms with E-state index in [0.717, 1.165) is 32.7 Å². The summed E-state index contributed by atoms with van der Waals surface area (Å²) in [5.41, 5.74) is 3.49. The van der Waals surface area contributed by atoms with Gasteiger partial charge >= 0.3 is 0 Å². The molecule has 0 atom stereocenters. The second-order valence-corrected chi connectivity index (χ2v) is 9.32. The van der Waals surface area contributed by atoms with Crippen molar-refractivity contribution in [2.45, 2.75) is 13.2 Å². The minimum atomic E-state index is 0.566. The van der Waals surface area contributed by atoms with Gasteiger partial charge < -0.3 is 9.47 Å². The second-order valence-electron chi connectivity index (χ2n) is 7.48. The van der Waals surface area contributed by atoms with E-state index in [4.69, 9.17) is 9.47 Å². The Kier molecular flexibility index (Phi) is 6.24. The fourth-order valence-electron chi connectivity index (χ4n) is 3.51. The Morgan fingerprint density at radius 2 is 1.19 bits per heavy atom. The van der Waals surface area contributed by atoms with E-state index in [0.29, 0.717) is 13.2 Å². The van der Waals surface area contributed by atoms with Crippen LogP contribution in [0, 0.1) is 0 Å². The van der Waals surface area contributed by atoms with E-state index in [1.807, 2.05) is 54.6 Å². The lowest BCUT2D eigenvalue weighted by Gasteiger charge is -2.07. The van der Waals surface area contributed by atoms with E-state index in [-0.39, 0.29) is 0 Å². The number of benzene rings is 4. The molecule has 0 saturated heterocycles. The summed E-state index contributed by atoms with van der Waals surface area (Å²) in [5, 5.41) is 1.20. The van der Waals surface area contributed by atoms with Crippen LogP contribution in [0.2, 0.25) is 0 Å². The van der Waals surface area contributed by atoms with Crippen LogP contribution in [0.1, 0.15) is 11.1 Å². The maximum absolute atomic E-state index is 6.01. The van der Waals surface area contributed by atoms with Crippen LogP contribution < -0.4 is 9.47 Å². The van der Waals surface area contributed by atoms with Gasteiger partial charge in [-0.1, -0.05) is 60.7 Å². The van der Waals surface area contributed by atoms with Gasteiger partial charge in [0.1, 0.15) is 24.7 Å². The lowest BCUT2D eigenvalue weighted by molar-refractivity contribution is 0.306. The van der Waals surface area contributed by atoms with E-state index >= 15 is 0 Å². The van der Waals surface area contributed by atoms with Crippen LogP contribution in [0.25, 0.3) is 20.5 Å². The van der Waals surface area contributed by atoms with Crippen molar-refractivity contribution in [1.29, 1.82) is 0 Å². The van der Waals surface area contributed by atoms with E-state index in [1.54, 1.807) is 11.3 Å². The molecular weight excluding hydrogens is 480 g/mol. The zero-order valence-corrected chi connectivity index (χ0v) is 19.7. The third-order valence-electron chi connectivity index (χ3n) is 5.21. The maximum Gasteiger partial charge on any atom is 0.121 e. The average molecular weight is 501 g/mol. The lowest BCUT2D eigenvalue weighted by Crippen LogP contribution is -1.94. The number of hydrogen-bond donors (Lipinski definition) is 0.